The largest absolute Gasteiger partial charge is 0.337 e. The summed E-state index contributed by atoms with van der Waals surface area (Å²) in [7, 11) is 1.66. The Kier molecular flexibility index (Phi) is 4.01. The van der Waals surface area contributed by atoms with Gasteiger partial charge in [0, 0.05) is 30.7 Å². The third-order valence-electron chi connectivity index (χ3n) is 3.29. The van der Waals surface area contributed by atoms with E-state index in [0.29, 0.717) is 11.6 Å². The Morgan fingerprint density at radius 1 is 1.58 bits per heavy atom. The number of halogens is 1. The molecule has 7 heteroatoms. The van der Waals surface area contributed by atoms with E-state index in [0.717, 1.165) is 13.0 Å². The minimum absolute atomic E-state index is 0.0342. The molecule has 0 radical (unpaired) electrons. The van der Waals surface area contributed by atoms with Gasteiger partial charge in [-0.1, -0.05) is 11.6 Å². The van der Waals surface area contributed by atoms with Gasteiger partial charge < -0.3 is 10.2 Å². The van der Waals surface area contributed by atoms with Crippen LogP contribution in [0.4, 0.5) is 5.69 Å². The first-order valence-corrected chi connectivity index (χ1v) is 6.30. The SMILES string of the molecule is CN(C(=O)c1cc(Cl)ccc1[N+](=O)[O-])C1CCNC1. The van der Waals surface area contributed by atoms with Crippen LogP contribution in [0.2, 0.25) is 5.02 Å². The maximum absolute atomic E-state index is 12.3. The van der Waals surface area contributed by atoms with Gasteiger partial charge in [0.15, 0.2) is 0 Å². The molecule has 1 saturated heterocycles. The number of hydrogen-bond acceptors (Lipinski definition) is 4. The molecule has 1 aliphatic heterocycles. The van der Waals surface area contributed by atoms with Crippen LogP contribution in [-0.4, -0.2) is 41.9 Å². The quantitative estimate of drug-likeness (QED) is 0.676. The number of amides is 1. The summed E-state index contributed by atoms with van der Waals surface area (Å²) in [4.78, 5) is 24.3. The lowest BCUT2D eigenvalue weighted by Gasteiger charge is -2.23. The fourth-order valence-corrected chi connectivity index (χ4v) is 2.34. The number of nitrogens with zero attached hydrogens (tertiary/aromatic N) is 2. The molecule has 19 heavy (non-hydrogen) atoms. The van der Waals surface area contributed by atoms with Crippen LogP contribution in [0.15, 0.2) is 18.2 Å². The summed E-state index contributed by atoms with van der Waals surface area (Å²) in [6.07, 6.45) is 0.844. The van der Waals surface area contributed by atoms with Crippen LogP contribution in [0.3, 0.4) is 0 Å². The molecule has 1 aromatic carbocycles. The zero-order valence-corrected chi connectivity index (χ0v) is 11.2. The Hall–Kier alpha value is -1.66. The van der Waals surface area contributed by atoms with Crippen molar-refractivity contribution in [1.29, 1.82) is 0 Å². The average molecular weight is 284 g/mol. The molecule has 6 nitrogen and oxygen atoms in total. The lowest BCUT2D eigenvalue weighted by molar-refractivity contribution is -0.385. The molecule has 1 fully saturated rings. The summed E-state index contributed by atoms with van der Waals surface area (Å²) in [5, 5.41) is 14.4. The fourth-order valence-electron chi connectivity index (χ4n) is 2.16. The van der Waals surface area contributed by atoms with E-state index >= 15 is 0 Å². The molecule has 1 heterocycles. The highest BCUT2D eigenvalue weighted by atomic mass is 35.5. The predicted molar refractivity (Wildman–Crippen MR) is 71.5 cm³/mol. The molecular formula is C12H14ClN3O3. The van der Waals surface area contributed by atoms with Crippen molar-refractivity contribution in [3.8, 4) is 0 Å². The van der Waals surface area contributed by atoms with E-state index in [2.05, 4.69) is 5.32 Å². The first-order chi connectivity index (χ1) is 9.00. The second-order valence-electron chi connectivity index (χ2n) is 4.48. The van der Waals surface area contributed by atoms with Crippen LogP contribution in [0.5, 0.6) is 0 Å². The van der Waals surface area contributed by atoms with Crippen LogP contribution in [0, 0.1) is 10.1 Å². The Morgan fingerprint density at radius 2 is 2.32 bits per heavy atom. The molecule has 0 aliphatic carbocycles. The minimum Gasteiger partial charge on any atom is -0.337 e. The number of nitro groups is 1. The summed E-state index contributed by atoms with van der Waals surface area (Å²) in [6, 6.07) is 4.08. The van der Waals surface area contributed by atoms with Crippen molar-refractivity contribution in [3.63, 3.8) is 0 Å². The normalized spacial score (nSPS) is 18.3. The molecule has 1 amide bonds. The van der Waals surface area contributed by atoms with Crippen molar-refractivity contribution < 1.29 is 9.72 Å². The van der Waals surface area contributed by atoms with E-state index < -0.39 is 4.92 Å². The van der Waals surface area contributed by atoms with Gasteiger partial charge in [0.2, 0.25) is 0 Å². The smallest absolute Gasteiger partial charge is 0.282 e. The zero-order chi connectivity index (χ0) is 14.0. The van der Waals surface area contributed by atoms with E-state index in [1.165, 1.54) is 18.2 Å². The number of nitrogens with one attached hydrogen (secondary N) is 1. The summed E-state index contributed by atoms with van der Waals surface area (Å²) in [5.41, 5.74) is -0.181. The van der Waals surface area contributed by atoms with Crippen LogP contribution in [0.1, 0.15) is 16.8 Å². The molecule has 1 atom stereocenters. The summed E-state index contributed by atoms with van der Waals surface area (Å²) < 4.78 is 0. The first-order valence-electron chi connectivity index (χ1n) is 5.92. The topological polar surface area (TPSA) is 75.5 Å². The highest BCUT2D eigenvalue weighted by molar-refractivity contribution is 6.31. The van der Waals surface area contributed by atoms with Crippen molar-refractivity contribution in [2.45, 2.75) is 12.5 Å². The van der Waals surface area contributed by atoms with E-state index in [9.17, 15) is 14.9 Å². The molecular weight excluding hydrogens is 270 g/mol. The average Bonchev–Trinajstić information content (AvgIpc) is 2.90. The lowest BCUT2D eigenvalue weighted by Crippen LogP contribution is -2.38. The number of carbonyl (C=O) groups is 1. The van der Waals surface area contributed by atoms with Crippen molar-refractivity contribution >= 4 is 23.2 Å². The fraction of sp³-hybridized carbons (Fsp3) is 0.417. The Morgan fingerprint density at radius 3 is 2.89 bits per heavy atom. The Balaban J connectivity index is 2.31. The number of benzene rings is 1. The highest BCUT2D eigenvalue weighted by Crippen LogP contribution is 2.25. The van der Waals surface area contributed by atoms with E-state index in [-0.39, 0.29) is 23.2 Å². The number of likely N-dealkylation sites (N-methyl/N-ethyl adjacent to an activating group) is 1. The molecule has 1 aliphatic rings. The third kappa shape index (κ3) is 2.85. The molecule has 102 valence electrons. The second-order valence-corrected chi connectivity index (χ2v) is 4.92. The summed E-state index contributed by atoms with van der Waals surface area (Å²) >= 11 is 5.82. The minimum atomic E-state index is -0.565. The van der Waals surface area contributed by atoms with Gasteiger partial charge >= 0.3 is 0 Å². The van der Waals surface area contributed by atoms with Crippen LogP contribution in [0.25, 0.3) is 0 Å². The standard InChI is InChI=1S/C12H14ClN3O3/c1-15(9-4-5-14-7-9)12(17)10-6-8(13)2-3-11(10)16(18)19/h2-3,6,9,14H,4-5,7H2,1H3. The second kappa shape index (κ2) is 5.54. The van der Waals surface area contributed by atoms with Crippen molar-refractivity contribution in [1.82, 2.24) is 10.2 Å². The number of rotatable bonds is 3. The monoisotopic (exact) mass is 283 g/mol. The van der Waals surface area contributed by atoms with Gasteiger partial charge in [-0.05, 0) is 25.1 Å². The summed E-state index contributed by atoms with van der Waals surface area (Å²) in [5.74, 6) is -0.372. The van der Waals surface area contributed by atoms with Gasteiger partial charge in [0.1, 0.15) is 5.56 Å². The third-order valence-corrected chi connectivity index (χ3v) is 3.52. The number of hydrogen-bond donors (Lipinski definition) is 1. The van der Waals surface area contributed by atoms with E-state index in [4.69, 9.17) is 11.6 Å². The molecule has 0 bridgehead atoms. The van der Waals surface area contributed by atoms with Crippen LogP contribution >= 0.6 is 11.6 Å². The molecule has 1 unspecified atom stereocenters. The van der Waals surface area contributed by atoms with Gasteiger partial charge in [0.25, 0.3) is 11.6 Å². The maximum atomic E-state index is 12.3. The lowest BCUT2D eigenvalue weighted by atomic mass is 10.1. The molecule has 2 rings (SSSR count). The summed E-state index contributed by atoms with van der Waals surface area (Å²) in [6.45, 7) is 1.55. The maximum Gasteiger partial charge on any atom is 0.282 e. The number of nitro benzene ring substituents is 1. The molecule has 0 spiro atoms. The Bertz CT molecular complexity index is 515. The van der Waals surface area contributed by atoms with Gasteiger partial charge in [-0.2, -0.15) is 0 Å². The van der Waals surface area contributed by atoms with Crippen molar-refractivity contribution in [2.24, 2.45) is 0 Å². The molecule has 1 N–H and O–H groups in total. The van der Waals surface area contributed by atoms with Crippen LogP contribution < -0.4 is 5.32 Å². The van der Waals surface area contributed by atoms with Gasteiger partial charge in [-0.15, -0.1) is 0 Å². The van der Waals surface area contributed by atoms with E-state index in [1.807, 2.05) is 0 Å². The van der Waals surface area contributed by atoms with Gasteiger partial charge in [-0.3, -0.25) is 14.9 Å². The predicted octanol–water partition coefficient (Wildman–Crippen LogP) is 1.68. The first kappa shape index (κ1) is 13.8. The van der Waals surface area contributed by atoms with E-state index in [1.54, 1.807) is 11.9 Å². The van der Waals surface area contributed by atoms with Crippen molar-refractivity contribution in [2.75, 3.05) is 20.1 Å². The number of carbonyl (C=O) groups excluding carboxylic acids is 1. The van der Waals surface area contributed by atoms with Gasteiger partial charge in [0.05, 0.1) is 4.92 Å². The van der Waals surface area contributed by atoms with Gasteiger partial charge in [-0.25, -0.2) is 0 Å². The molecule has 1 aromatic rings. The zero-order valence-electron chi connectivity index (χ0n) is 10.4. The van der Waals surface area contributed by atoms with Crippen molar-refractivity contribution in [3.05, 3.63) is 38.9 Å². The highest BCUT2D eigenvalue weighted by Gasteiger charge is 2.28. The Labute approximate surface area is 115 Å². The van der Waals surface area contributed by atoms with Crippen LogP contribution in [-0.2, 0) is 0 Å². The molecule has 0 saturated carbocycles. The molecule has 0 aromatic heterocycles.